The Kier molecular flexibility index (Phi) is 4.11. The predicted molar refractivity (Wildman–Crippen MR) is 69.7 cm³/mol. The number of rotatable bonds is 4. The van der Waals surface area contributed by atoms with Crippen molar-refractivity contribution in [3.63, 3.8) is 0 Å². The quantitative estimate of drug-likeness (QED) is 0.879. The molecular weight excluding hydrogens is 277 g/mol. The minimum absolute atomic E-state index is 0.239. The highest BCUT2D eigenvalue weighted by Crippen LogP contribution is 2.29. The third kappa shape index (κ3) is 2.45. The summed E-state index contributed by atoms with van der Waals surface area (Å²) < 4.78 is 20.9. The lowest BCUT2D eigenvalue weighted by molar-refractivity contribution is 0.187. The van der Waals surface area contributed by atoms with E-state index in [1.54, 1.807) is 23.8 Å². The Morgan fingerprint density at radius 2 is 2.33 bits per heavy atom. The Morgan fingerprint density at radius 1 is 1.56 bits per heavy atom. The molecule has 0 fully saturated rings. The maximum atomic E-state index is 13.8. The number of benzene rings is 1. The fraction of sp³-hybridized carbons (Fsp3) is 0.273. The SMILES string of the molecule is COCCn1c(-c2c(F)cccc2Cl)n[nH]c1=S. The maximum absolute atomic E-state index is 13.8. The molecule has 0 amide bonds. The van der Waals surface area contributed by atoms with Gasteiger partial charge in [0, 0.05) is 7.11 Å². The van der Waals surface area contributed by atoms with Crippen LogP contribution in [-0.2, 0) is 11.3 Å². The summed E-state index contributed by atoms with van der Waals surface area (Å²) in [6.45, 7) is 0.929. The Bertz CT molecular complexity index is 590. The summed E-state index contributed by atoms with van der Waals surface area (Å²) in [5.74, 6) is -0.0599. The Labute approximate surface area is 113 Å². The lowest BCUT2D eigenvalue weighted by atomic mass is 10.2. The van der Waals surface area contributed by atoms with Crippen LogP contribution in [0.25, 0.3) is 11.4 Å². The highest BCUT2D eigenvalue weighted by Gasteiger charge is 2.16. The summed E-state index contributed by atoms with van der Waals surface area (Å²) in [5.41, 5.74) is 0.239. The molecule has 4 nitrogen and oxygen atoms in total. The number of methoxy groups -OCH3 is 1. The smallest absolute Gasteiger partial charge is 0.195 e. The van der Waals surface area contributed by atoms with Gasteiger partial charge in [0.25, 0.3) is 0 Å². The number of H-pyrrole nitrogens is 1. The number of aromatic nitrogens is 3. The maximum Gasteiger partial charge on any atom is 0.195 e. The molecule has 0 aliphatic rings. The van der Waals surface area contributed by atoms with Crippen molar-refractivity contribution in [1.29, 1.82) is 0 Å². The van der Waals surface area contributed by atoms with Gasteiger partial charge in [-0.2, -0.15) is 5.10 Å². The van der Waals surface area contributed by atoms with E-state index in [1.807, 2.05) is 0 Å². The first-order chi connectivity index (χ1) is 8.65. The fourth-order valence-electron chi connectivity index (χ4n) is 1.61. The molecule has 1 heterocycles. The molecule has 7 heteroatoms. The fourth-order valence-corrected chi connectivity index (χ4v) is 2.08. The van der Waals surface area contributed by atoms with E-state index in [4.69, 9.17) is 28.6 Å². The second-order valence-electron chi connectivity index (χ2n) is 3.59. The largest absolute Gasteiger partial charge is 0.383 e. The molecule has 0 atom stereocenters. The summed E-state index contributed by atoms with van der Waals surface area (Å²) in [6.07, 6.45) is 0. The Hall–Kier alpha value is -1.24. The first-order valence-corrected chi connectivity index (χ1v) is 6.02. The molecule has 0 radical (unpaired) electrons. The lowest BCUT2D eigenvalue weighted by Gasteiger charge is -2.08. The number of ether oxygens (including phenoxy) is 1. The average Bonchev–Trinajstić information content (AvgIpc) is 2.68. The standard InChI is InChI=1S/C11H11ClFN3OS/c1-17-6-5-16-10(14-15-11(16)18)9-7(12)3-2-4-8(9)13/h2-4H,5-6H2,1H3,(H,15,18). The van der Waals surface area contributed by atoms with Crippen molar-refractivity contribution in [2.24, 2.45) is 0 Å². The van der Waals surface area contributed by atoms with Crippen LogP contribution in [0.2, 0.25) is 5.02 Å². The van der Waals surface area contributed by atoms with Gasteiger partial charge in [-0.3, -0.25) is 9.67 Å². The highest BCUT2D eigenvalue weighted by atomic mass is 35.5. The zero-order chi connectivity index (χ0) is 13.1. The van der Waals surface area contributed by atoms with Crippen molar-refractivity contribution in [2.45, 2.75) is 6.54 Å². The zero-order valence-electron chi connectivity index (χ0n) is 9.61. The molecule has 0 spiro atoms. The van der Waals surface area contributed by atoms with Crippen molar-refractivity contribution >= 4 is 23.8 Å². The average molecular weight is 288 g/mol. The number of nitrogens with one attached hydrogen (secondary N) is 1. The molecule has 0 saturated carbocycles. The molecule has 96 valence electrons. The number of halogens is 2. The molecule has 1 N–H and O–H groups in total. The molecular formula is C11H11ClFN3OS. The van der Waals surface area contributed by atoms with Crippen molar-refractivity contribution < 1.29 is 9.13 Å². The minimum atomic E-state index is -0.435. The van der Waals surface area contributed by atoms with E-state index in [1.165, 1.54) is 6.07 Å². The molecule has 0 saturated heterocycles. The Balaban J connectivity index is 2.54. The van der Waals surface area contributed by atoms with E-state index in [2.05, 4.69) is 10.2 Å². The normalized spacial score (nSPS) is 10.8. The van der Waals surface area contributed by atoms with Crippen LogP contribution in [0.1, 0.15) is 0 Å². The van der Waals surface area contributed by atoms with Crippen LogP contribution in [0.3, 0.4) is 0 Å². The minimum Gasteiger partial charge on any atom is -0.383 e. The molecule has 0 bridgehead atoms. The number of aromatic amines is 1. The van der Waals surface area contributed by atoms with Gasteiger partial charge in [-0.05, 0) is 24.4 Å². The van der Waals surface area contributed by atoms with E-state index >= 15 is 0 Å². The molecule has 1 aromatic heterocycles. The second kappa shape index (κ2) is 5.60. The zero-order valence-corrected chi connectivity index (χ0v) is 11.2. The molecule has 0 unspecified atom stereocenters. The molecule has 2 aromatic rings. The number of hydrogen-bond donors (Lipinski definition) is 1. The predicted octanol–water partition coefficient (Wildman–Crippen LogP) is 3.05. The monoisotopic (exact) mass is 287 g/mol. The lowest BCUT2D eigenvalue weighted by Crippen LogP contribution is -2.07. The third-order valence-corrected chi connectivity index (χ3v) is 3.09. The summed E-state index contributed by atoms with van der Waals surface area (Å²) in [7, 11) is 1.58. The Morgan fingerprint density at radius 3 is 3.00 bits per heavy atom. The first-order valence-electron chi connectivity index (χ1n) is 5.23. The van der Waals surface area contributed by atoms with E-state index in [0.29, 0.717) is 28.8 Å². The van der Waals surface area contributed by atoms with Crippen LogP contribution in [0.5, 0.6) is 0 Å². The molecule has 1 aromatic carbocycles. The van der Waals surface area contributed by atoms with Gasteiger partial charge in [0.05, 0.1) is 23.7 Å². The van der Waals surface area contributed by atoms with Crippen molar-refractivity contribution in [3.8, 4) is 11.4 Å². The van der Waals surface area contributed by atoms with Gasteiger partial charge in [0.1, 0.15) is 5.82 Å². The summed E-state index contributed by atoms with van der Waals surface area (Å²) in [4.78, 5) is 0. The topological polar surface area (TPSA) is 42.8 Å². The molecule has 18 heavy (non-hydrogen) atoms. The van der Waals surface area contributed by atoms with E-state index in [9.17, 15) is 4.39 Å². The first kappa shape index (κ1) is 13.2. The van der Waals surface area contributed by atoms with Gasteiger partial charge >= 0.3 is 0 Å². The second-order valence-corrected chi connectivity index (χ2v) is 4.39. The van der Waals surface area contributed by atoms with Crippen LogP contribution in [0.15, 0.2) is 18.2 Å². The van der Waals surface area contributed by atoms with E-state index in [-0.39, 0.29) is 5.56 Å². The molecule has 0 aliphatic heterocycles. The van der Waals surface area contributed by atoms with Gasteiger partial charge in [0.2, 0.25) is 0 Å². The van der Waals surface area contributed by atoms with Gasteiger partial charge in [-0.25, -0.2) is 4.39 Å². The summed E-state index contributed by atoms with van der Waals surface area (Å²) >= 11 is 11.1. The van der Waals surface area contributed by atoms with Crippen LogP contribution < -0.4 is 0 Å². The number of nitrogens with zero attached hydrogens (tertiary/aromatic N) is 2. The van der Waals surface area contributed by atoms with Gasteiger partial charge < -0.3 is 4.74 Å². The van der Waals surface area contributed by atoms with Crippen LogP contribution in [0, 0.1) is 10.6 Å². The molecule has 0 aliphatic carbocycles. The van der Waals surface area contributed by atoms with E-state index in [0.717, 1.165) is 0 Å². The van der Waals surface area contributed by atoms with E-state index < -0.39 is 5.82 Å². The van der Waals surface area contributed by atoms with Crippen LogP contribution >= 0.6 is 23.8 Å². The third-order valence-electron chi connectivity index (χ3n) is 2.46. The van der Waals surface area contributed by atoms with Crippen LogP contribution in [-0.4, -0.2) is 28.5 Å². The highest BCUT2D eigenvalue weighted by molar-refractivity contribution is 7.71. The summed E-state index contributed by atoms with van der Waals surface area (Å²) in [6, 6.07) is 4.49. The van der Waals surface area contributed by atoms with Gasteiger partial charge in [-0.1, -0.05) is 17.7 Å². The number of hydrogen-bond acceptors (Lipinski definition) is 3. The van der Waals surface area contributed by atoms with Crippen molar-refractivity contribution in [3.05, 3.63) is 33.8 Å². The van der Waals surface area contributed by atoms with Crippen LogP contribution in [0.4, 0.5) is 4.39 Å². The van der Waals surface area contributed by atoms with Gasteiger partial charge in [0.15, 0.2) is 10.6 Å². The van der Waals surface area contributed by atoms with Crippen molar-refractivity contribution in [2.75, 3.05) is 13.7 Å². The summed E-state index contributed by atoms with van der Waals surface area (Å²) in [5, 5.41) is 6.95. The van der Waals surface area contributed by atoms with Gasteiger partial charge in [-0.15, -0.1) is 0 Å². The molecule has 2 rings (SSSR count). The van der Waals surface area contributed by atoms with Crippen molar-refractivity contribution in [1.82, 2.24) is 14.8 Å².